The zero-order chi connectivity index (χ0) is 13.0. The monoisotopic (exact) mass is 241 g/mol. The summed E-state index contributed by atoms with van der Waals surface area (Å²) in [5.41, 5.74) is 1.14. The molecule has 0 bridgehead atoms. The number of aliphatic imine (C=N–C) groups is 1. The standard InChI is InChI=1S/C15H15NO2/c1-11(17)16-9-8-13-5-3-4-12-6-7-14(18-2)10-15(12)13/h3-7,9-10H,8H2,1-2H3. The van der Waals surface area contributed by atoms with Gasteiger partial charge in [0.1, 0.15) is 5.75 Å². The van der Waals surface area contributed by atoms with Gasteiger partial charge in [-0.3, -0.25) is 4.79 Å². The third-order valence-electron chi connectivity index (χ3n) is 2.76. The topological polar surface area (TPSA) is 38.7 Å². The van der Waals surface area contributed by atoms with Crippen molar-refractivity contribution in [3.8, 4) is 5.75 Å². The predicted octanol–water partition coefficient (Wildman–Crippen LogP) is 3.01. The number of methoxy groups -OCH3 is 1. The lowest BCUT2D eigenvalue weighted by Gasteiger charge is -2.06. The van der Waals surface area contributed by atoms with Crippen LogP contribution in [0.2, 0.25) is 0 Å². The van der Waals surface area contributed by atoms with Crippen LogP contribution in [0.15, 0.2) is 41.4 Å². The first-order valence-corrected chi connectivity index (χ1v) is 5.79. The maximum Gasteiger partial charge on any atom is 0.242 e. The molecule has 0 aliphatic heterocycles. The van der Waals surface area contributed by atoms with E-state index in [-0.39, 0.29) is 5.91 Å². The Morgan fingerprint density at radius 3 is 2.89 bits per heavy atom. The van der Waals surface area contributed by atoms with E-state index < -0.39 is 0 Å². The lowest BCUT2D eigenvalue weighted by Crippen LogP contribution is -1.92. The van der Waals surface area contributed by atoms with Crippen LogP contribution < -0.4 is 4.74 Å². The van der Waals surface area contributed by atoms with Crippen molar-refractivity contribution in [3.05, 3.63) is 42.0 Å². The summed E-state index contributed by atoms with van der Waals surface area (Å²) in [6.07, 6.45) is 2.29. The Morgan fingerprint density at radius 1 is 1.33 bits per heavy atom. The van der Waals surface area contributed by atoms with Crippen LogP contribution in [-0.4, -0.2) is 19.2 Å². The molecule has 0 heterocycles. The number of carbonyl (C=O) groups excluding carboxylic acids is 1. The summed E-state index contributed by atoms with van der Waals surface area (Å²) in [5, 5.41) is 2.29. The Hall–Kier alpha value is -2.16. The van der Waals surface area contributed by atoms with E-state index in [1.807, 2.05) is 30.3 Å². The van der Waals surface area contributed by atoms with Crippen molar-refractivity contribution >= 4 is 22.9 Å². The Kier molecular flexibility index (Phi) is 3.72. The summed E-state index contributed by atoms with van der Waals surface area (Å²) < 4.78 is 5.23. The second-order valence-electron chi connectivity index (χ2n) is 4.04. The van der Waals surface area contributed by atoms with Crippen LogP contribution in [0.1, 0.15) is 12.5 Å². The molecule has 2 rings (SSSR count). The van der Waals surface area contributed by atoms with Gasteiger partial charge in [-0.15, -0.1) is 0 Å². The number of benzene rings is 2. The van der Waals surface area contributed by atoms with Crippen molar-refractivity contribution < 1.29 is 9.53 Å². The van der Waals surface area contributed by atoms with Crippen LogP contribution in [-0.2, 0) is 11.2 Å². The summed E-state index contributed by atoms with van der Waals surface area (Å²) in [6.45, 7) is 1.45. The first-order valence-electron chi connectivity index (χ1n) is 5.79. The third-order valence-corrected chi connectivity index (χ3v) is 2.76. The molecular weight excluding hydrogens is 226 g/mol. The molecular formula is C15H15NO2. The quantitative estimate of drug-likeness (QED) is 0.775. The molecule has 0 aromatic heterocycles. The largest absolute Gasteiger partial charge is 0.497 e. The average molecular weight is 241 g/mol. The van der Waals surface area contributed by atoms with Gasteiger partial charge in [0.15, 0.2) is 0 Å². The van der Waals surface area contributed by atoms with Gasteiger partial charge >= 0.3 is 0 Å². The summed E-state index contributed by atoms with van der Waals surface area (Å²) in [5.74, 6) is 0.659. The molecule has 0 radical (unpaired) electrons. The first-order chi connectivity index (χ1) is 8.70. The summed E-state index contributed by atoms with van der Waals surface area (Å²) in [4.78, 5) is 14.6. The summed E-state index contributed by atoms with van der Waals surface area (Å²) in [6, 6.07) is 12.1. The van der Waals surface area contributed by atoms with Gasteiger partial charge < -0.3 is 4.74 Å². The minimum Gasteiger partial charge on any atom is -0.497 e. The van der Waals surface area contributed by atoms with E-state index in [0.29, 0.717) is 6.42 Å². The minimum atomic E-state index is -0.173. The van der Waals surface area contributed by atoms with E-state index in [1.165, 1.54) is 6.92 Å². The van der Waals surface area contributed by atoms with Crippen LogP contribution in [0.4, 0.5) is 0 Å². The fraction of sp³-hybridized carbons (Fsp3) is 0.200. The van der Waals surface area contributed by atoms with Gasteiger partial charge in [0.05, 0.1) is 7.11 Å². The molecule has 3 heteroatoms. The lowest BCUT2D eigenvalue weighted by molar-refractivity contribution is -0.115. The maximum absolute atomic E-state index is 10.8. The molecule has 0 saturated heterocycles. The number of fused-ring (bicyclic) bond motifs is 1. The van der Waals surface area contributed by atoms with Gasteiger partial charge in [0.2, 0.25) is 5.91 Å². The zero-order valence-electron chi connectivity index (χ0n) is 10.5. The molecule has 92 valence electrons. The molecule has 2 aromatic rings. The highest BCUT2D eigenvalue weighted by Crippen LogP contribution is 2.24. The fourth-order valence-electron chi connectivity index (χ4n) is 1.89. The van der Waals surface area contributed by atoms with Crippen LogP contribution in [0.25, 0.3) is 10.8 Å². The number of hydrogen-bond acceptors (Lipinski definition) is 2. The molecule has 0 N–H and O–H groups in total. The smallest absolute Gasteiger partial charge is 0.242 e. The predicted molar refractivity (Wildman–Crippen MR) is 73.4 cm³/mol. The van der Waals surface area contributed by atoms with Crippen molar-refractivity contribution in [2.45, 2.75) is 13.3 Å². The summed E-state index contributed by atoms with van der Waals surface area (Å²) in [7, 11) is 1.65. The van der Waals surface area contributed by atoms with E-state index in [9.17, 15) is 4.79 Å². The van der Waals surface area contributed by atoms with Crippen molar-refractivity contribution in [3.63, 3.8) is 0 Å². The highest BCUT2D eigenvalue weighted by molar-refractivity contribution is 5.90. The molecule has 0 spiro atoms. The van der Waals surface area contributed by atoms with Crippen molar-refractivity contribution in [2.24, 2.45) is 4.99 Å². The average Bonchev–Trinajstić information content (AvgIpc) is 2.38. The Bertz CT molecular complexity index is 602. The van der Waals surface area contributed by atoms with Crippen molar-refractivity contribution in [1.29, 1.82) is 0 Å². The van der Waals surface area contributed by atoms with E-state index in [0.717, 1.165) is 22.1 Å². The number of hydrogen-bond donors (Lipinski definition) is 0. The van der Waals surface area contributed by atoms with Gasteiger partial charge in [-0.05, 0) is 28.5 Å². The van der Waals surface area contributed by atoms with Gasteiger partial charge in [-0.2, -0.15) is 0 Å². The molecule has 3 nitrogen and oxygen atoms in total. The molecule has 2 aromatic carbocycles. The van der Waals surface area contributed by atoms with E-state index in [1.54, 1.807) is 13.3 Å². The van der Waals surface area contributed by atoms with E-state index in [2.05, 4.69) is 11.1 Å². The normalized spacial score (nSPS) is 11.0. The highest BCUT2D eigenvalue weighted by atomic mass is 16.5. The molecule has 0 saturated carbocycles. The molecule has 0 aliphatic carbocycles. The molecule has 0 fully saturated rings. The zero-order valence-corrected chi connectivity index (χ0v) is 10.5. The first kappa shape index (κ1) is 12.3. The molecule has 1 amide bonds. The van der Waals surface area contributed by atoms with Gasteiger partial charge in [0, 0.05) is 19.6 Å². The number of amides is 1. The Balaban J connectivity index is 2.40. The number of nitrogens with zero attached hydrogens (tertiary/aromatic N) is 1. The minimum absolute atomic E-state index is 0.173. The number of rotatable bonds is 3. The SMILES string of the molecule is COc1ccc2cccc(CC=NC(C)=O)c2c1. The summed E-state index contributed by atoms with van der Waals surface area (Å²) >= 11 is 0. The Morgan fingerprint density at radius 2 is 2.17 bits per heavy atom. The second-order valence-corrected chi connectivity index (χ2v) is 4.04. The second kappa shape index (κ2) is 5.45. The van der Waals surface area contributed by atoms with Crippen LogP contribution >= 0.6 is 0 Å². The molecule has 18 heavy (non-hydrogen) atoms. The van der Waals surface area contributed by atoms with Crippen LogP contribution in [0, 0.1) is 0 Å². The number of ether oxygens (including phenoxy) is 1. The van der Waals surface area contributed by atoms with E-state index >= 15 is 0 Å². The van der Waals surface area contributed by atoms with Crippen LogP contribution in [0.3, 0.4) is 0 Å². The van der Waals surface area contributed by atoms with Crippen molar-refractivity contribution in [2.75, 3.05) is 7.11 Å². The van der Waals surface area contributed by atoms with Crippen molar-refractivity contribution in [1.82, 2.24) is 0 Å². The third kappa shape index (κ3) is 2.74. The van der Waals surface area contributed by atoms with Crippen LogP contribution in [0.5, 0.6) is 5.75 Å². The Labute approximate surface area is 106 Å². The molecule has 0 aliphatic rings. The molecule has 0 unspecified atom stereocenters. The van der Waals surface area contributed by atoms with E-state index in [4.69, 9.17) is 4.74 Å². The van der Waals surface area contributed by atoms with Gasteiger partial charge in [-0.1, -0.05) is 24.3 Å². The highest BCUT2D eigenvalue weighted by Gasteiger charge is 2.01. The number of carbonyl (C=O) groups is 1. The van der Waals surface area contributed by atoms with Gasteiger partial charge in [0.25, 0.3) is 0 Å². The van der Waals surface area contributed by atoms with Gasteiger partial charge in [-0.25, -0.2) is 4.99 Å². The molecule has 0 atom stereocenters. The lowest BCUT2D eigenvalue weighted by atomic mass is 10.0. The maximum atomic E-state index is 10.8. The fourth-order valence-corrected chi connectivity index (χ4v) is 1.89.